The zero-order valence-electron chi connectivity index (χ0n) is 21.5. The van der Waals surface area contributed by atoms with E-state index in [-0.39, 0.29) is 19.1 Å². The van der Waals surface area contributed by atoms with Crippen molar-refractivity contribution >= 4 is 23.3 Å². The molecule has 0 unspecified atom stereocenters. The first-order chi connectivity index (χ1) is 18.6. The van der Waals surface area contributed by atoms with E-state index in [1.807, 2.05) is 72.8 Å². The molecule has 1 aliphatic carbocycles. The SMILES string of the molecule is CCOC(=O)C1(C(=O)OCC2c3ccccc3-c3ccccc32)c2ccccc2N(CC)c2ccccc21. The van der Waals surface area contributed by atoms with Crippen molar-refractivity contribution in [1.29, 1.82) is 0 Å². The van der Waals surface area contributed by atoms with Crippen molar-refractivity contribution in [3.63, 3.8) is 0 Å². The molecule has 0 fully saturated rings. The Bertz CT molecular complexity index is 1450. The predicted octanol–water partition coefficient (Wildman–Crippen LogP) is 6.36. The number of hydrogen-bond donors (Lipinski definition) is 0. The molecule has 38 heavy (non-hydrogen) atoms. The van der Waals surface area contributed by atoms with Gasteiger partial charge in [0.05, 0.1) is 6.61 Å². The lowest BCUT2D eigenvalue weighted by molar-refractivity contribution is -0.162. The minimum Gasteiger partial charge on any atom is -0.465 e. The van der Waals surface area contributed by atoms with Crippen molar-refractivity contribution in [1.82, 2.24) is 0 Å². The van der Waals surface area contributed by atoms with Gasteiger partial charge >= 0.3 is 11.9 Å². The van der Waals surface area contributed by atoms with Gasteiger partial charge in [-0.3, -0.25) is 9.59 Å². The van der Waals surface area contributed by atoms with E-state index in [1.165, 1.54) is 0 Å². The van der Waals surface area contributed by atoms with Crippen LogP contribution >= 0.6 is 0 Å². The summed E-state index contributed by atoms with van der Waals surface area (Å²) in [5.74, 6) is -1.35. The van der Waals surface area contributed by atoms with Gasteiger partial charge in [0.15, 0.2) is 0 Å². The predicted molar refractivity (Wildman–Crippen MR) is 148 cm³/mol. The minimum atomic E-state index is -1.73. The summed E-state index contributed by atoms with van der Waals surface area (Å²) < 4.78 is 11.8. The molecule has 6 rings (SSSR count). The van der Waals surface area contributed by atoms with Crippen LogP contribution in [0, 0.1) is 0 Å². The van der Waals surface area contributed by atoms with Gasteiger partial charge in [-0.15, -0.1) is 0 Å². The molecule has 0 aromatic heterocycles. The molecule has 4 aromatic rings. The maximum absolute atomic E-state index is 14.4. The number of rotatable bonds is 6. The fraction of sp³-hybridized carbons (Fsp3) is 0.212. The Kier molecular flexibility index (Phi) is 5.99. The van der Waals surface area contributed by atoms with Gasteiger partial charge in [-0.05, 0) is 48.2 Å². The molecule has 0 spiro atoms. The van der Waals surface area contributed by atoms with Crippen molar-refractivity contribution in [3.8, 4) is 11.1 Å². The Labute approximate surface area is 222 Å². The highest BCUT2D eigenvalue weighted by molar-refractivity contribution is 6.14. The van der Waals surface area contributed by atoms with Gasteiger partial charge in [-0.1, -0.05) is 84.9 Å². The van der Waals surface area contributed by atoms with Crippen molar-refractivity contribution in [2.24, 2.45) is 0 Å². The molecule has 5 nitrogen and oxygen atoms in total. The molecule has 0 atom stereocenters. The fourth-order valence-electron chi connectivity index (χ4n) is 6.14. The molecule has 0 amide bonds. The molecule has 4 aromatic carbocycles. The summed E-state index contributed by atoms with van der Waals surface area (Å²) in [6.07, 6.45) is 0. The largest absolute Gasteiger partial charge is 0.465 e. The summed E-state index contributed by atoms with van der Waals surface area (Å²) in [6.45, 7) is 4.76. The second kappa shape index (κ2) is 9.49. The van der Waals surface area contributed by atoms with Crippen LogP contribution in [0.15, 0.2) is 97.1 Å². The first-order valence-electron chi connectivity index (χ1n) is 13.1. The molecule has 2 aliphatic rings. The van der Waals surface area contributed by atoms with Gasteiger partial charge in [-0.25, -0.2) is 0 Å². The van der Waals surface area contributed by atoms with Gasteiger partial charge in [-0.2, -0.15) is 0 Å². The van der Waals surface area contributed by atoms with E-state index in [1.54, 1.807) is 6.92 Å². The summed E-state index contributed by atoms with van der Waals surface area (Å²) in [5, 5.41) is 0. The molecule has 0 bridgehead atoms. The van der Waals surface area contributed by atoms with Crippen molar-refractivity contribution < 1.29 is 19.1 Å². The van der Waals surface area contributed by atoms with Crippen LogP contribution in [0.2, 0.25) is 0 Å². The highest BCUT2D eigenvalue weighted by Gasteiger charge is 2.57. The van der Waals surface area contributed by atoms with Crippen LogP contribution < -0.4 is 4.90 Å². The quantitative estimate of drug-likeness (QED) is 0.226. The maximum atomic E-state index is 14.4. The Balaban J connectivity index is 1.46. The number of fused-ring (bicyclic) bond motifs is 5. The highest BCUT2D eigenvalue weighted by atomic mass is 16.6. The van der Waals surface area contributed by atoms with E-state index in [9.17, 15) is 9.59 Å². The van der Waals surface area contributed by atoms with Gasteiger partial charge in [0.2, 0.25) is 5.41 Å². The number of para-hydroxylation sites is 2. The van der Waals surface area contributed by atoms with Crippen LogP contribution in [0.1, 0.15) is 42.0 Å². The summed E-state index contributed by atoms with van der Waals surface area (Å²) in [4.78, 5) is 30.5. The van der Waals surface area contributed by atoms with Crippen molar-refractivity contribution in [3.05, 3.63) is 119 Å². The summed E-state index contributed by atoms with van der Waals surface area (Å²) in [5.41, 5.74) is 5.57. The van der Waals surface area contributed by atoms with Crippen molar-refractivity contribution in [2.45, 2.75) is 25.2 Å². The molecule has 0 radical (unpaired) electrons. The zero-order chi connectivity index (χ0) is 26.3. The van der Waals surface area contributed by atoms with E-state index in [0.717, 1.165) is 33.6 Å². The number of benzene rings is 4. The summed E-state index contributed by atoms with van der Waals surface area (Å²) in [6, 6.07) is 31.5. The molecule has 0 N–H and O–H groups in total. The third-order valence-electron chi connectivity index (χ3n) is 7.75. The fourth-order valence-corrected chi connectivity index (χ4v) is 6.14. The molecule has 190 valence electrons. The molecule has 0 saturated heterocycles. The lowest BCUT2D eigenvalue weighted by atomic mass is 9.70. The van der Waals surface area contributed by atoms with Gasteiger partial charge in [0.25, 0.3) is 0 Å². The number of nitrogens with zero attached hydrogens (tertiary/aromatic N) is 1. The maximum Gasteiger partial charge on any atom is 0.332 e. The Morgan fingerprint density at radius 2 is 1.16 bits per heavy atom. The average molecular weight is 504 g/mol. The number of hydrogen-bond acceptors (Lipinski definition) is 5. The van der Waals surface area contributed by atoms with E-state index in [4.69, 9.17) is 9.47 Å². The molecule has 0 saturated carbocycles. The smallest absolute Gasteiger partial charge is 0.332 e. The van der Waals surface area contributed by atoms with E-state index >= 15 is 0 Å². The number of carbonyl (C=O) groups is 2. The standard InChI is InChI=1S/C33H29NO4/c1-3-34-29-19-11-9-17-27(29)33(31(35)37-4-2,28-18-10-12-20-30(28)34)32(36)38-21-26-24-15-7-5-13-22(24)23-14-6-8-16-25(23)26/h5-20,26H,3-4,21H2,1-2H3. The van der Waals surface area contributed by atoms with E-state index < -0.39 is 17.4 Å². The number of esters is 2. The first-order valence-corrected chi connectivity index (χ1v) is 13.1. The minimum absolute atomic E-state index is 0.119. The van der Waals surface area contributed by atoms with Crippen LogP contribution in [-0.2, 0) is 24.5 Å². The Hall–Kier alpha value is -4.38. The van der Waals surface area contributed by atoms with Crippen LogP contribution in [0.4, 0.5) is 11.4 Å². The number of anilines is 2. The Morgan fingerprint density at radius 3 is 1.68 bits per heavy atom. The van der Waals surface area contributed by atoms with Crippen molar-refractivity contribution in [2.75, 3.05) is 24.7 Å². The van der Waals surface area contributed by atoms with Crippen LogP contribution in [0.3, 0.4) is 0 Å². The molecule has 5 heteroatoms. The van der Waals surface area contributed by atoms with Crippen LogP contribution in [-0.4, -0.2) is 31.7 Å². The van der Waals surface area contributed by atoms with Gasteiger partial charge < -0.3 is 14.4 Å². The summed E-state index contributed by atoms with van der Waals surface area (Å²) in [7, 11) is 0. The zero-order valence-corrected chi connectivity index (χ0v) is 21.5. The third kappa shape index (κ3) is 3.38. The molecule has 1 heterocycles. The topological polar surface area (TPSA) is 55.8 Å². The van der Waals surface area contributed by atoms with Gasteiger partial charge in [0, 0.05) is 35.0 Å². The van der Waals surface area contributed by atoms with E-state index in [2.05, 4.69) is 36.1 Å². The third-order valence-corrected chi connectivity index (χ3v) is 7.75. The summed E-state index contributed by atoms with van der Waals surface area (Å²) >= 11 is 0. The normalized spacial score (nSPS) is 14.6. The lowest BCUT2D eigenvalue weighted by Crippen LogP contribution is -2.51. The second-order valence-electron chi connectivity index (χ2n) is 9.57. The number of carbonyl (C=O) groups excluding carboxylic acids is 2. The van der Waals surface area contributed by atoms with E-state index in [0.29, 0.717) is 17.7 Å². The van der Waals surface area contributed by atoms with Gasteiger partial charge in [0.1, 0.15) is 6.61 Å². The van der Waals surface area contributed by atoms with Crippen LogP contribution in [0.25, 0.3) is 11.1 Å². The highest BCUT2D eigenvalue weighted by Crippen LogP contribution is 2.51. The van der Waals surface area contributed by atoms with Crippen LogP contribution in [0.5, 0.6) is 0 Å². The first kappa shape index (κ1) is 24.0. The molecular formula is C33H29NO4. The second-order valence-corrected chi connectivity index (χ2v) is 9.57. The Morgan fingerprint density at radius 1 is 0.684 bits per heavy atom. The monoisotopic (exact) mass is 503 g/mol. The lowest BCUT2D eigenvalue weighted by Gasteiger charge is -2.42. The number of ether oxygens (including phenoxy) is 2. The molecule has 1 aliphatic heterocycles. The molecular weight excluding hydrogens is 474 g/mol. The average Bonchev–Trinajstić information content (AvgIpc) is 3.28.